The first-order valence-corrected chi connectivity index (χ1v) is 11.0. The van der Waals surface area contributed by atoms with Gasteiger partial charge in [0.15, 0.2) is 0 Å². The number of rotatable bonds is 6. The van der Waals surface area contributed by atoms with E-state index in [2.05, 4.69) is 34.6 Å². The molecule has 34 heavy (non-hydrogen) atoms. The van der Waals surface area contributed by atoms with Crippen LogP contribution in [0.25, 0.3) is 16.6 Å². The number of carbonyl (C=O) groups is 2. The van der Waals surface area contributed by atoms with Crippen molar-refractivity contribution in [1.82, 2.24) is 20.4 Å². The number of carbonyl (C=O) groups excluding carboxylic acids is 2. The van der Waals surface area contributed by atoms with Crippen molar-refractivity contribution in [2.24, 2.45) is 0 Å². The van der Waals surface area contributed by atoms with Crippen LogP contribution in [0.1, 0.15) is 34.6 Å². The van der Waals surface area contributed by atoms with Gasteiger partial charge < -0.3 is 4.90 Å². The molecule has 0 saturated heterocycles. The summed E-state index contributed by atoms with van der Waals surface area (Å²) in [5, 5.41) is 0.514. The fourth-order valence-electron chi connectivity index (χ4n) is 3.70. The van der Waals surface area contributed by atoms with Crippen LogP contribution in [0.2, 0.25) is 0 Å². The normalized spacial score (nSPS) is 10.6. The summed E-state index contributed by atoms with van der Waals surface area (Å²) >= 11 is 0. The minimum absolute atomic E-state index is 0.193. The van der Waals surface area contributed by atoms with Gasteiger partial charge in [0.05, 0.1) is 16.6 Å². The van der Waals surface area contributed by atoms with Gasteiger partial charge in [-0.1, -0.05) is 12.1 Å². The Hall–Kier alpha value is -4.46. The van der Waals surface area contributed by atoms with E-state index in [0.717, 1.165) is 18.8 Å². The first-order chi connectivity index (χ1) is 16.5. The summed E-state index contributed by atoms with van der Waals surface area (Å²) in [7, 11) is 0. The molecule has 2 N–H and O–H groups in total. The number of hydrazine groups is 1. The van der Waals surface area contributed by atoms with Crippen LogP contribution in [0.5, 0.6) is 0 Å². The second-order valence-corrected chi connectivity index (χ2v) is 7.61. The Labute approximate surface area is 196 Å². The summed E-state index contributed by atoms with van der Waals surface area (Å²) in [4.78, 5) is 44.1. The molecule has 4 rings (SSSR count). The van der Waals surface area contributed by atoms with Crippen LogP contribution < -0.4 is 21.3 Å². The number of hydrogen-bond donors (Lipinski definition) is 2. The molecule has 0 saturated carbocycles. The van der Waals surface area contributed by atoms with E-state index in [9.17, 15) is 14.4 Å². The number of aromatic nitrogens is 2. The molecular formula is C26H25N5O3. The summed E-state index contributed by atoms with van der Waals surface area (Å²) in [5.74, 6) is -0.881. The molecule has 0 bridgehead atoms. The Morgan fingerprint density at radius 2 is 1.38 bits per heavy atom. The highest BCUT2D eigenvalue weighted by Crippen LogP contribution is 2.15. The Kier molecular flexibility index (Phi) is 6.68. The summed E-state index contributed by atoms with van der Waals surface area (Å²) in [5.41, 5.74) is 7.67. The van der Waals surface area contributed by atoms with Crippen LogP contribution in [0.15, 0.2) is 83.9 Å². The van der Waals surface area contributed by atoms with Crippen molar-refractivity contribution < 1.29 is 9.59 Å². The van der Waals surface area contributed by atoms with Gasteiger partial charge >= 0.3 is 0 Å². The maximum atomic E-state index is 12.7. The second kappa shape index (κ2) is 9.99. The molecule has 0 atom stereocenters. The number of nitrogens with zero attached hydrogens (tertiary/aromatic N) is 3. The second-order valence-electron chi connectivity index (χ2n) is 7.61. The topological polar surface area (TPSA) is 96.3 Å². The van der Waals surface area contributed by atoms with Gasteiger partial charge in [0.2, 0.25) is 0 Å². The molecule has 0 aliphatic carbocycles. The first kappa shape index (κ1) is 22.7. The van der Waals surface area contributed by atoms with Gasteiger partial charge in [-0.15, -0.1) is 0 Å². The van der Waals surface area contributed by atoms with E-state index in [1.165, 1.54) is 10.9 Å². The summed E-state index contributed by atoms with van der Waals surface area (Å²) in [6.45, 7) is 5.90. The number of fused-ring (bicyclic) bond motifs is 1. The van der Waals surface area contributed by atoms with Crippen LogP contribution in [0.3, 0.4) is 0 Å². The lowest BCUT2D eigenvalue weighted by Crippen LogP contribution is -2.41. The standard InChI is InChI=1S/C26H25N5O3/c1-3-30(4-2)20-13-9-18(10-14-20)24(32)28-29-25(33)19-11-15-21(16-12-19)31-17-27-23-8-6-5-7-22(23)26(31)34/h5-17H,3-4H2,1-2H3,(H,28,32)(H,29,33). The van der Waals surface area contributed by atoms with E-state index in [0.29, 0.717) is 27.7 Å². The number of anilines is 1. The van der Waals surface area contributed by atoms with Crippen molar-refractivity contribution in [3.05, 3.63) is 101 Å². The summed E-state index contributed by atoms with van der Waals surface area (Å²) in [6.07, 6.45) is 1.46. The predicted molar refractivity (Wildman–Crippen MR) is 132 cm³/mol. The highest BCUT2D eigenvalue weighted by Gasteiger charge is 2.11. The highest BCUT2D eigenvalue weighted by molar-refractivity contribution is 5.99. The molecule has 2 amide bonds. The van der Waals surface area contributed by atoms with Crippen molar-refractivity contribution in [1.29, 1.82) is 0 Å². The van der Waals surface area contributed by atoms with Crippen LogP contribution in [-0.4, -0.2) is 34.5 Å². The maximum absolute atomic E-state index is 12.7. The smallest absolute Gasteiger partial charge is 0.269 e. The van der Waals surface area contributed by atoms with E-state index in [1.54, 1.807) is 54.6 Å². The zero-order valence-electron chi connectivity index (χ0n) is 19.0. The molecule has 0 spiro atoms. The van der Waals surface area contributed by atoms with E-state index in [-0.39, 0.29) is 5.56 Å². The Bertz CT molecular complexity index is 1370. The third kappa shape index (κ3) is 4.66. The fourth-order valence-corrected chi connectivity index (χ4v) is 3.70. The van der Waals surface area contributed by atoms with Gasteiger partial charge in [-0.25, -0.2) is 4.98 Å². The molecule has 0 aliphatic rings. The SMILES string of the molecule is CCN(CC)c1ccc(C(=O)NNC(=O)c2ccc(-n3cnc4ccccc4c3=O)cc2)cc1. The van der Waals surface area contributed by atoms with Crippen LogP contribution in [0, 0.1) is 0 Å². The summed E-state index contributed by atoms with van der Waals surface area (Å²) in [6, 6.07) is 20.8. The molecule has 4 aromatic rings. The van der Waals surface area contributed by atoms with E-state index in [1.807, 2.05) is 18.2 Å². The molecule has 0 fully saturated rings. The number of hydrogen-bond acceptors (Lipinski definition) is 5. The molecule has 0 aliphatic heterocycles. The zero-order valence-corrected chi connectivity index (χ0v) is 19.0. The minimum Gasteiger partial charge on any atom is -0.372 e. The van der Waals surface area contributed by atoms with Crippen molar-refractivity contribution in [3.8, 4) is 5.69 Å². The van der Waals surface area contributed by atoms with Gasteiger partial charge in [0.25, 0.3) is 17.4 Å². The molecule has 0 unspecified atom stereocenters. The van der Waals surface area contributed by atoms with Crippen molar-refractivity contribution in [2.75, 3.05) is 18.0 Å². The van der Waals surface area contributed by atoms with Crippen LogP contribution in [0.4, 0.5) is 5.69 Å². The van der Waals surface area contributed by atoms with Crippen LogP contribution in [-0.2, 0) is 0 Å². The van der Waals surface area contributed by atoms with Gasteiger partial charge in [0.1, 0.15) is 6.33 Å². The van der Waals surface area contributed by atoms with Crippen molar-refractivity contribution in [2.45, 2.75) is 13.8 Å². The molecule has 1 heterocycles. The molecule has 0 radical (unpaired) electrons. The fraction of sp³-hybridized carbons (Fsp3) is 0.154. The zero-order chi connectivity index (χ0) is 24.1. The lowest BCUT2D eigenvalue weighted by molar-refractivity contribution is 0.0846. The monoisotopic (exact) mass is 455 g/mol. The van der Waals surface area contributed by atoms with Gasteiger partial charge in [0, 0.05) is 29.9 Å². The Balaban J connectivity index is 1.41. The molecular weight excluding hydrogens is 430 g/mol. The number of benzene rings is 3. The Morgan fingerprint density at radius 1 is 0.824 bits per heavy atom. The third-order valence-electron chi connectivity index (χ3n) is 5.62. The van der Waals surface area contributed by atoms with E-state index >= 15 is 0 Å². The third-order valence-corrected chi connectivity index (χ3v) is 5.62. The van der Waals surface area contributed by atoms with E-state index in [4.69, 9.17) is 0 Å². The van der Waals surface area contributed by atoms with Gasteiger partial charge in [-0.3, -0.25) is 29.8 Å². The molecule has 3 aromatic carbocycles. The molecule has 8 nitrogen and oxygen atoms in total. The maximum Gasteiger partial charge on any atom is 0.269 e. The Morgan fingerprint density at radius 3 is 1.97 bits per heavy atom. The minimum atomic E-state index is -0.469. The number of nitrogens with one attached hydrogen (secondary N) is 2. The van der Waals surface area contributed by atoms with Gasteiger partial charge in [-0.2, -0.15) is 0 Å². The van der Waals surface area contributed by atoms with Crippen molar-refractivity contribution >= 4 is 28.4 Å². The van der Waals surface area contributed by atoms with Crippen molar-refractivity contribution in [3.63, 3.8) is 0 Å². The number of para-hydroxylation sites is 1. The first-order valence-electron chi connectivity index (χ1n) is 11.0. The van der Waals surface area contributed by atoms with Gasteiger partial charge in [-0.05, 0) is 74.5 Å². The quantitative estimate of drug-likeness (QED) is 0.435. The highest BCUT2D eigenvalue weighted by atomic mass is 16.2. The molecule has 8 heteroatoms. The molecule has 172 valence electrons. The predicted octanol–water partition coefficient (Wildman–Crippen LogP) is 3.31. The lowest BCUT2D eigenvalue weighted by atomic mass is 10.2. The van der Waals surface area contributed by atoms with E-state index < -0.39 is 11.8 Å². The lowest BCUT2D eigenvalue weighted by Gasteiger charge is -2.21. The van der Waals surface area contributed by atoms with Crippen LogP contribution >= 0.6 is 0 Å². The number of amides is 2. The molecule has 1 aromatic heterocycles. The average Bonchev–Trinajstić information content (AvgIpc) is 2.89. The summed E-state index contributed by atoms with van der Waals surface area (Å²) < 4.78 is 1.42. The largest absolute Gasteiger partial charge is 0.372 e. The average molecular weight is 456 g/mol.